The van der Waals surface area contributed by atoms with Crippen LogP contribution in [-0.2, 0) is 14.4 Å². The maximum Gasteiger partial charge on any atom is 0.311 e. The van der Waals surface area contributed by atoms with Crippen molar-refractivity contribution < 1.29 is 19.5 Å². The number of carboxylic acid groups (broad SMARTS) is 1. The van der Waals surface area contributed by atoms with Crippen LogP contribution in [0.2, 0.25) is 0 Å². The van der Waals surface area contributed by atoms with Crippen molar-refractivity contribution in [3.8, 4) is 0 Å². The zero-order chi connectivity index (χ0) is 17.9. The molecule has 130 valence electrons. The Labute approximate surface area is 141 Å². The van der Waals surface area contributed by atoms with Gasteiger partial charge in [0.1, 0.15) is 0 Å². The topological polar surface area (TPSA) is 86.7 Å². The van der Waals surface area contributed by atoms with E-state index in [0.717, 1.165) is 11.1 Å². The Hall–Kier alpha value is -2.37. The molecule has 6 nitrogen and oxygen atoms in total. The molecule has 1 aliphatic heterocycles. The lowest BCUT2D eigenvalue weighted by Crippen LogP contribution is -2.37. The number of hydrogen-bond donors (Lipinski definition) is 2. The third kappa shape index (κ3) is 4.13. The van der Waals surface area contributed by atoms with E-state index < -0.39 is 17.4 Å². The number of benzene rings is 1. The fourth-order valence-corrected chi connectivity index (χ4v) is 2.95. The highest BCUT2D eigenvalue weighted by atomic mass is 16.4. The molecule has 6 heteroatoms. The van der Waals surface area contributed by atoms with Crippen LogP contribution >= 0.6 is 0 Å². The molecular weight excluding hydrogens is 308 g/mol. The Bertz CT molecular complexity index is 641. The van der Waals surface area contributed by atoms with E-state index in [0.29, 0.717) is 13.0 Å². The number of aryl methyl sites for hydroxylation is 1. The normalized spacial score (nSPS) is 21.4. The predicted molar refractivity (Wildman–Crippen MR) is 89.3 cm³/mol. The molecule has 2 rings (SSSR count). The number of nitrogens with zero attached hydrogens (tertiary/aromatic N) is 1. The highest BCUT2D eigenvalue weighted by molar-refractivity contribution is 5.82. The second-order valence-corrected chi connectivity index (χ2v) is 6.80. The summed E-state index contributed by atoms with van der Waals surface area (Å²) in [7, 11) is 0. The molecule has 1 fully saturated rings. The lowest BCUT2D eigenvalue weighted by molar-refractivity contribution is -0.147. The van der Waals surface area contributed by atoms with E-state index in [4.69, 9.17) is 0 Å². The van der Waals surface area contributed by atoms with Crippen molar-refractivity contribution in [2.75, 3.05) is 13.1 Å². The fraction of sp³-hybridized carbons (Fsp3) is 0.500. The van der Waals surface area contributed by atoms with Gasteiger partial charge in [-0.15, -0.1) is 0 Å². The smallest absolute Gasteiger partial charge is 0.311 e. The van der Waals surface area contributed by atoms with Crippen LogP contribution in [0.4, 0.5) is 0 Å². The molecule has 2 atom stereocenters. The van der Waals surface area contributed by atoms with E-state index in [9.17, 15) is 19.5 Å². The minimum Gasteiger partial charge on any atom is -0.481 e. The molecule has 1 aromatic rings. The minimum atomic E-state index is -0.886. The Morgan fingerprint density at radius 2 is 1.92 bits per heavy atom. The Morgan fingerprint density at radius 3 is 2.42 bits per heavy atom. The second-order valence-electron chi connectivity index (χ2n) is 6.80. The predicted octanol–water partition coefficient (Wildman–Crippen LogP) is 1.89. The zero-order valence-corrected chi connectivity index (χ0v) is 14.3. The average Bonchev–Trinajstić information content (AvgIpc) is 2.91. The Morgan fingerprint density at radius 1 is 1.29 bits per heavy atom. The van der Waals surface area contributed by atoms with E-state index in [2.05, 4.69) is 5.32 Å². The van der Waals surface area contributed by atoms with Crippen LogP contribution in [0.25, 0.3) is 0 Å². The van der Waals surface area contributed by atoms with E-state index >= 15 is 0 Å². The summed E-state index contributed by atoms with van der Waals surface area (Å²) in [6.07, 6.45) is 0.571. The molecule has 0 aliphatic carbocycles. The van der Waals surface area contributed by atoms with Crippen molar-refractivity contribution in [3.63, 3.8) is 0 Å². The van der Waals surface area contributed by atoms with Gasteiger partial charge in [-0.1, -0.05) is 29.8 Å². The van der Waals surface area contributed by atoms with Crippen LogP contribution in [0.3, 0.4) is 0 Å². The van der Waals surface area contributed by atoms with Gasteiger partial charge in [-0.3, -0.25) is 14.4 Å². The summed E-state index contributed by atoms with van der Waals surface area (Å²) in [5.74, 6) is -1.22. The van der Waals surface area contributed by atoms with Gasteiger partial charge in [-0.05, 0) is 25.8 Å². The first-order valence-corrected chi connectivity index (χ1v) is 8.06. The molecule has 0 radical (unpaired) electrons. The number of likely N-dealkylation sites (tertiary alicyclic amines) is 1. The van der Waals surface area contributed by atoms with Crippen molar-refractivity contribution >= 4 is 17.8 Å². The van der Waals surface area contributed by atoms with Gasteiger partial charge in [0.2, 0.25) is 11.8 Å². The van der Waals surface area contributed by atoms with Gasteiger partial charge in [-0.25, -0.2) is 0 Å². The SMILES string of the molecule is CC(=O)N[C@@H](CC(=O)N1CC[C@](C)(C(=O)O)C1)c1ccc(C)cc1. The number of carboxylic acids is 1. The number of aliphatic carboxylic acids is 1. The highest BCUT2D eigenvalue weighted by Gasteiger charge is 2.42. The summed E-state index contributed by atoms with van der Waals surface area (Å²) < 4.78 is 0. The van der Waals surface area contributed by atoms with Gasteiger partial charge in [0.15, 0.2) is 0 Å². The molecule has 1 aliphatic rings. The summed E-state index contributed by atoms with van der Waals surface area (Å²) in [6, 6.07) is 7.26. The number of rotatable bonds is 5. The molecule has 0 saturated carbocycles. The number of nitrogens with one attached hydrogen (secondary N) is 1. The largest absolute Gasteiger partial charge is 0.481 e. The molecule has 0 unspecified atom stereocenters. The van der Waals surface area contributed by atoms with E-state index in [1.165, 1.54) is 6.92 Å². The van der Waals surface area contributed by atoms with Crippen LogP contribution in [-0.4, -0.2) is 40.9 Å². The molecule has 1 saturated heterocycles. The van der Waals surface area contributed by atoms with Gasteiger partial charge >= 0.3 is 5.97 Å². The monoisotopic (exact) mass is 332 g/mol. The van der Waals surface area contributed by atoms with Crippen LogP contribution in [0.1, 0.15) is 43.9 Å². The van der Waals surface area contributed by atoms with Crippen LogP contribution in [0.15, 0.2) is 24.3 Å². The number of hydrogen-bond acceptors (Lipinski definition) is 3. The zero-order valence-electron chi connectivity index (χ0n) is 14.3. The highest BCUT2D eigenvalue weighted by Crippen LogP contribution is 2.31. The average molecular weight is 332 g/mol. The Kier molecular flexibility index (Phi) is 5.26. The van der Waals surface area contributed by atoms with Gasteiger partial charge in [0, 0.05) is 20.0 Å². The quantitative estimate of drug-likeness (QED) is 0.862. The third-order valence-corrected chi connectivity index (χ3v) is 4.58. The van der Waals surface area contributed by atoms with Crippen molar-refractivity contribution in [3.05, 3.63) is 35.4 Å². The van der Waals surface area contributed by atoms with Crippen LogP contribution in [0, 0.1) is 12.3 Å². The van der Waals surface area contributed by atoms with E-state index in [-0.39, 0.29) is 24.8 Å². The third-order valence-electron chi connectivity index (χ3n) is 4.58. The van der Waals surface area contributed by atoms with Gasteiger partial charge < -0.3 is 15.3 Å². The summed E-state index contributed by atoms with van der Waals surface area (Å²) in [4.78, 5) is 36.9. The Balaban J connectivity index is 2.09. The van der Waals surface area contributed by atoms with Crippen molar-refractivity contribution in [2.24, 2.45) is 5.41 Å². The molecule has 1 aromatic carbocycles. The molecular formula is C18H24N2O4. The van der Waals surface area contributed by atoms with Gasteiger partial charge in [-0.2, -0.15) is 0 Å². The van der Waals surface area contributed by atoms with Crippen LogP contribution < -0.4 is 5.32 Å². The summed E-state index contributed by atoms with van der Waals surface area (Å²) in [5, 5.41) is 12.1. The van der Waals surface area contributed by atoms with Gasteiger partial charge in [0.25, 0.3) is 0 Å². The molecule has 2 amide bonds. The molecule has 0 aromatic heterocycles. The molecule has 0 bridgehead atoms. The summed E-state index contributed by atoms with van der Waals surface area (Å²) in [5.41, 5.74) is 1.08. The number of amides is 2. The summed E-state index contributed by atoms with van der Waals surface area (Å²) in [6.45, 7) is 5.69. The minimum absolute atomic E-state index is 0.123. The van der Waals surface area contributed by atoms with Crippen LogP contribution in [0.5, 0.6) is 0 Å². The maximum absolute atomic E-state index is 12.6. The number of carbonyl (C=O) groups is 3. The standard InChI is InChI=1S/C18H24N2O4/c1-12-4-6-14(7-5-12)15(19-13(2)21)10-16(22)20-9-8-18(3,11-20)17(23)24/h4-7,15H,8-11H2,1-3H3,(H,19,21)(H,23,24)/t15-,18-/m0/s1. The first-order valence-electron chi connectivity index (χ1n) is 8.06. The first-order chi connectivity index (χ1) is 11.2. The molecule has 2 N–H and O–H groups in total. The van der Waals surface area contributed by atoms with Crippen molar-refractivity contribution in [1.29, 1.82) is 0 Å². The summed E-state index contributed by atoms with van der Waals surface area (Å²) >= 11 is 0. The maximum atomic E-state index is 12.6. The molecule has 0 spiro atoms. The lowest BCUT2D eigenvalue weighted by atomic mass is 9.90. The van der Waals surface area contributed by atoms with Gasteiger partial charge in [0.05, 0.1) is 17.9 Å². The molecule has 1 heterocycles. The number of carbonyl (C=O) groups excluding carboxylic acids is 2. The fourth-order valence-electron chi connectivity index (χ4n) is 2.95. The molecule has 24 heavy (non-hydrogen) atoms. The first kappa shape index (κ1) is 18.0. The lowest BCUT2D eigenvalue weighted by Gasteiger charge is -2.24. The van der Waals surface area contributed by atoms with E-state index in [1.807, 2.05) is 31.2 Å². The van der Waals surface area contributed by atoms with E-state index in [1.54, 1.807) is 11.8 Å². The second kappa shape index (κ2) is 7.03. The van der Waals surface area contributed by atoms with Crippen molar-refractivity contribution in [2.45, 2.75) is 39.7 Å². The van der Waals surface area contributed by atoms with Crippen molar-refractivity contribution in [1.82, 2.24) is 10.2 Å².